The smallest absolute Gasteiger partial charge is 0.224 e. The number of hydrogen-bond donors (Lipinski definition) is 1. The van der Waals surface area contributed by atoms with Crippen LogP contribution >= 0.6 is 0 Å². The molecule has 0 heterocycles. The molecule has 1 amide bonds. The molecule has 0 saturated carbocycles. The van der Waals surface area contributed by atoms with Crippen LogP contribution in [0.3, 0.4) is 0 Å². The maximum Gasteiger partial charge on any atom is 0.224 e. The van der Waals surface area contributed by atoms with Gasteiger partial charge >= 0.3 is 0 Å². The Morgan fingerprint density at radius 2 is 1.71 bits per heavy atom. The summed E-state index contributed by atoms with van der Waals surface area (Å²) in [5.74, 6) is 0.948. The Labute approximate surface area is 145 Å². The standard InChI is InChI=1S/C21H27NO2/c1-5-16-13-17(6-2)20(12-15(16)4)24-14-18-10-8-9-11-19(18)22-21(23)7-3/h8-13H,5-7,14H2,1-4H3,(H,22,23). The molecule has 0 bridgehead atoms. The molecule has 0 radical (unpaired) electrons. The summed E-state index contributed by atoms with van der Waals surface area (Å²) in [5, 5.41) is 2.94. The number of ether oxygens (including phenoxy) is 1. The van der Waals surface area contributed by atoms with Crippen LogP contribution in [0.25, 0.3) is 0 Å². The van der Waals surface area contributed by atoms with E-state index in [1.54, 1.807) is 0 Å². The zero-order valence-corrected chi connectivity index (χ0v) is 15.1. The summed E-state index contributed by atoms with van der Waals surface area (Å²) in [4.78, 5) is 11.7. The van der Waals surface area contributed by atoms with E-state index in [0.717, 1.165) is 29.8 Å². The van der Waals surface area contributed by atoms with Crippen LogP contribution in [-0.4, -0.2) is 5.91 Å². The lowest BCUT2D eigenvalue weighted by molar-refractivity contribution is -0.115. The predicted molar refractivity (Wildman–Crippen MR) is 99.6 cm³/mol. The van der Waals surface area contributed by atoms with Gasteiger partial charge in [-0.2, -0.15) is 0 Å². The first-order valence-electron chi connectivity index (χ1n) is 8.71. The highest BCUT2D eigenvalue weighted by Crippen LogP contribution is 2.26. The van der Waals surface area contributed by atoms with Gasteiger partial charge in [-0.1, -0.05) is 45.0 Å². The summed E-state index contributed by atoms with van der Waals surface area (Å²) in [6.07, 6.45) is 2.44. The zero-order valence-electron chi connectivity index (χ0n) is 15.1. The Bertz CT molecular complexity index is 707. The molecule has 0 unspecified atom stereocenters. The molecule has 2 aromatic rings. The SMILES string of the molecule is CCC(=O)Nc1ccccc1COc1cc(C)c(CC)cc1CC. The molecular formula is C21H27NO2. The molecule has 2 aromatic carbocycles. The van der Waals surface area contributed by atoms with Gasteiger partial charge in [0, 0.05) is 17.7 Å². The van der Waals surface area contributed by atoms with Crippen molar-refractivity contribution in [3.8, 4) is 5.75 Å². The number of aryl methyl sites for hydroxylation is 3. The van der Waals surface area contributed by atoms with Crippen molar-refractivity contribution in [2.45, 2.75) is 53.6 Å². The molecule has 0 aliphatic carbocycles. The lowest BCUT2D eigenvalue weighted by Gasteiger charge is -2.16. The fourth-order valence-corrected chi connectivity index (χ4v) is 2.73. The van der Waals surface area contributed by atoms with Crippen molar-refractivity contribution in [3.63, 3.8) is 0 Å². The van der Waals surface area contributed by atoms with Gasteiger partial charge in [0.15, 0.2) is 0 Å². The molecule has 0 atom stereocenters. The van der Waals surface area contributed by atoms with E-state index < -0.39 is 0 Å². The molecule has 2 rings (SSSR count). The van der Waals surface area contributed by atoms with E-state index >= 15 is 0 Å². The van der Waals surface area contributed by atoms with E-state index in [1.165, 1.54) is 16.7 Å². The van der Waals surface area contributed by atoms with Crippen molar-refractivity contribution >= 4 is 11.6 Å². The Morgan fingerprint density at radius 1 is 1.00 bits per heavy atom. The van der Waals surface area contributed by atoms with Gasteiger partial charge in [0.1, 0.15) is 12.4 Å². The van der Waals surface area contributed by atoms with Gasteiger partial charge in [-0.15, -0.1) is 0 Å². The number of benzene rings is 2. The summed E-state index contributed by atoms with van der Waals surface area (Å²) in [7, 11) is 0. The summed E-state index contributed by atoms with van der Waals surface area (Å²) in [6.45, 7) is 8.74. The maximum atomic E-state index is 11.7. The Kier molecular flexibility index (Phi) is 6.42. The topological polar surface area (TPSA) is 38.3 Å². The minimum Gasteiger partial charge on any atom is -0.489 e. The van der Waals surface area contributed by atoms with Crippen LogP contribution in [0.1, 0.15) is 49.4 Å². The first-order chi connectivity index (χ1) is 11.6. The Morgan fingerprint density at radius 3 is 2.38 bits per heavy atom. The molecule has 3 heteroatoms. The van der Waals surface area contributed by atoms with Gasteiger partial charge in [0.2, 0.25) is 5.91 Å². The fourth-order valence-electron chi connectivity index (χ4n) is 2.73. The maximum absolute atomic E-state index is 11.7. The number of nitrogens with one attached hydrogen (secondary N) is 1. The number of hydrogen-bond acceptors (Lipinski definition) is 2. The van der Waals surface area contributed by atoms with Gasteiger partial charge < -0.3 is 10.1 Å². The molecule has 24 heavy (non-hydrogen) atoms. The van der Waals surface area contributed by atoms with Gasteiger partial charge in [-0.3, -0.25) is 4.79 Å². The van der Waals surface area contributed by atoms with E-state index in [0.29, 0.717) is 13.0 Å². The van der Waals surface area contributed by atoms with Gasteiger partial charge in [0.05, 0.1) is 0 Å². The van der Waals surface area contributed by atoms with Crippen LogP contribution in [0, 0.1) is 6.92 Å². The second-order valence-corrected chi connectivity index (χ2v) is 5.94. The number of anilines is 1. The highest BCUT2D eigenvalue weighted by Gasteiger charge is 2.09. The number of carbonyl (C=O) groups excluding carboxylic acids is 1. The molecule has 1 N–H and O–H groups in total. The molecular weight excluding hydrogens is 298 g/mol. The normalized spacial score (nSPS) is 10.5. The van der Waals surface area contributed by atoms with Crippen LogP contribution in [0.4, 0.5) is 5.69 Å². The second kappa shape index (κ2) is 8.53. The van der Waals surface area contributed by atoms with E-state index in [-0.39, 0.29) is 5.91 Å². The predicted octanol–water partition coefficient (Wildman–Crippen LogP) is 5.05. The van der Waals surface area contributed by atoms with Crippen LogP contribution in [0.15, 0.2) is 36.4 Å². The largest absolute Gasteiger partial charge is 0.489 e. The molecule has 0 aromatic heterocycles. The highest BCUT2D eigenvalue weighted by atomic mass is 16.5. The zero-order chi connectivity index (χ0) is 17.5. The monoisotopic (exact) mass is 325 g/mol. The number of rotatable bonds is 7. The van der Waals surface area contributed by atoms with Crippen molar-refractivity contribution in [3.05, 3.63) is 58.7 Å². The van der Waals surface area contributed by atoms with Crippen molar-refractivity contribution in [2.24, 2.45) is 0 Å². The molecule has 0 aliphatic rings. The molecule has 0 aliphatic heterocycles. The lowest BCUT2D eigenvalue weighted by atomic mass is 10.0. The number of amides is 1. The van der Waals surface area contributed by atoms with Gasteiger partial charge in [-0.25, -0.2) is 0 Å². The van der Waals surface area contributed by atoms with Crippen LogP contribution in [-0.2, 0) is 24.2 Å². The van der Waals surface area contributed by atoms with Crippen molar-refractivity contribution < 1.29 is 9.53 Å². The summed E-state index contributed by atoms with van der Waals surface area (Å²) in [5.41, 5.74) is 5.67. The lowest BCUT2D eigenvalue weighted by Crippen LogP contribution is -2.12. The van der Waals surface area contributed by atoms with E-state index in [1.807, 2.05) is 31.2 Å². The highest BCUT2D eigenvalue weighted by molar-refractivity contribution is 5.91. The Hall–Kier alpha value is -2.29. The Balaban J connectivity index is 2.19. The third-order valence-electron chi connectivity index (χ3n) is 4.28. The molecule has 128 valence electrons. The summed E-state index contributed by atoms with van der Waals surface area (Å²) in [6, 6.07) is 12.2. The van der Waals surface area contributed by atoms with E-state index in [9.17, 15) is 4.79 Å². The van der Waals surface area contributed by atoms with E-state index in [4.69, 9.17) is 4.74 Å². The van der Waals surface area contributed by atoms with Crippen molar-refractivity contribution in [1.29, 1.82) is 0 Å². The van der Waals surface area contributed by atoms with Crippen molar-refractivity contribution in [1.82, 2.24) is 0 Å². The minimum absolute atomic E-state index is 0.0137. The van der Waals surface area contributed by atoms with Crippen LogP contribution in [0.2, 0.25) is 0 Å². The van der Waals surface area contributed by atoms with Crippen LogP contribution < -0.4 is 10.1 Å². The molecule has 3 nitrogen and oxygen atoms in total. The first-order valence-corrected chi connectivity index (χ1v) is 8.71. The first kappa shape index (κ1) is 18.1. The molecule has 0 saturated heterocycles. The summed E-state index contributed by atoms with van der Waals surface area (Å²) < 4.78 is 6.10. The fraction of sp³-hybridized carbons (Fsp3) is 0.381. The van der Waals surface area contributed by atoms with E-state index in [2.05, 4.69) is 38.2 Å². The van der Waals surface area contributed by atoms with Crippen LogP contribution in [0.5, 0.6) is 5.75 Å². The number of para-hydroxylation sites is 1. The number of carbonyl (C=O) groups is 1. The molecule has 0 fully saturated rings. The summed E-state index contributed by atoms with van der Waals surface area (Å²) >= 11 is 0. The van der Waals surface area contributed by atoms with Crippen molar-refractivity contribution in [2.75, 3.05) is 5.32 Å². The minimum atomic E-state index is 0.0137. The average Bonchev–Trinajstić information content (AvgIpc) is 2.60. The third-order valence-corrected chi connectivity index (χ3v) is 4.28. The van der Waals surface area contributed by atoms with Gasteiger partial charge in [-0.05, 0) is 48.6 Å². The quantitative estimate of drug-likeness (QED) is 0.774. The third kappa shape index (κ3) is 4.38. The molecule has 0 spiro atoms. The second-order valence-electron chi connectivity index (χ2n) is 5.94. The van der Waals surface area contributed by atoms with Gasteiger partial charge in [0.25, 0.3) is 0 Å². The average molecular weight is 325 g/mol.